The van der Waals surface area contributed by atoms with Crippen LogP contribution in [0.2, 0.25) is 0 Å². The van der Waals surface area contributed by atoms with E-state index in [4.69, 9.17) is 0 Å². The number of hydrogen-bond donors (Lipinski definition) is 0. The molecule has 1 aromatic carbocycles. The Balaban J connectivity index is 3.46. The quantitative estimate of drug-likeness (QED) is 0.502. The third-order valence-corrected chi connectivity index (χ3v) is 2.74. The van der Waals surface area contributed by atoms with Gasteiger partial charge in [0.15, 0.2) is 11.6 Å². The van der Waals surface area contributed by atoms with Gasteiger partial charge in [-0.25, -0.2) is 8.78 Å². The van der Waals surface area contributed by atoms with E-state index in [2.05, 4.69) is 31.9 Å². The molecule has 0 aliphatic rings. The van der Waals surface area contributed by atoms with E-state index < -0.39 is 11.6 Å². The molecular formula is C7H4Br2F2. The fourth-order valence-electron chi connectivity index (χ4n) is 0.657. The van der Waals surface area contributed by atoms with Crippen LogP contribution in [-0.2, 0) is 0 Å². The Morgan fingerprint density at radius 3 is 2.18 bits per heavy atom. The van der Waals surface area contributed by atoms with Gasteiger partial charge in [0.25, 0.3) is 0 Å². The van der Waals surface area contributed by atoms with Crippen LogP contribution in [0.1, 0.15) is 5.56 Å². The second kappa shape index (κ2) is 3.19. The summed E-state index contributed by atoms with van der Waals surface area (Å²) in [5, 5.41) is 0. The molecule has 0 atom stereocenters. The van der Waals surface area contributed by atoms with Crippen molar-refractivity contribution in [3.8, 4) is 0 Å². The molecule has 0 bridgehead atoms. The maximum atomic E-state index is 12.8. The smallest absolute Gasteiger partial charge is 0.173 e. The minimum atomic E-state index is -0.842. The molecule has 0 unspecified atom stereocenters. The molecule has 4 heteroatoms. The van der Waals surface area contributed by atoms with E-state index in [-0.39, 0.29) is 10.0 Å². The molecule has 11 heavy (non-hydrogen) atoms. The van der Waals surface area contributed by atoms with Crippen LogP contribution in [0.3, 0.4) is 0 Å². The van der Waals surface area contributed by atoms with Crippen LogP contribution in [0.4, 0.5) is 8.78 Å². The zero-order chi connectivity index (χ0) is 8.59. The van der Waals surface area contributed by atoms with Crippen molar-refractivity contribution in [3.05, 3.63) is 32.2 Å². The molecule has 0 aromatic heterocycles. The lowest BCUT2D eigenvalue weighted by molar-refractivity contribution is 0.498. The minimum absolute atomic E-state index is 0.132. The SMILES string of the molecule is Cc1c(Br)cc(Br)c(F)c1F. The van der Waals surface area contributed by atoms with Crippen molar-refractivity contribution in [2.45, 2.75) is 6.92 Å². The van der Waals surface area contributed by atoms with Gasteiger partial charge in [-0.1, -0.05) is 15.9 Å². The molecule has 0 spiro atoms. The molecule has 0 nitrogen and oxygen atoms in total. The van der Waals surface area contributed by atoms with Gasteiger partial charge >= 0.3 is 0 Å². The highest BCUT2D eigenvalue weighted by atomic mass is 79.9. The third kappa shape index (κ3) is 1.62. The summed E-state index contributed by atoms with van der Waals surface area (Å²) in [6.07, 6.45) is 0. The van der Waals surface area contributed by atoms with Crippen LogP contribution in [0.25, 0.3) is 0 Å². The molecule has 0 aliphatic heterocycles. The predicted octanol–water partition coefficient (Wildman–Crippen LogP) is 3.80. The van der Waals surface area contributed by atoms with E-state index >= 15 is 0 Å². The second-order valence-electron chi connectivity index (χ2n) is 2.09. The molecule has 0 saturated heterocycles. The van der Waals surface area contributed by atoms with E-state index in [0.717, 1.165) is 0 Å². The van der Waals surface area contributed by atoms with Crippen molar-refractivity contribution < 1.29 is 8.78 Å². The van der Waals surface area contributed by atoms with Crippen LogP contribution < -0.4 is 0 Å². The molecule has 0 radical (unpaired) electrons. The lowest BCUT2D eigenvalue weighted by atomic mass is 10.2. The highest BCUT2D eigenvalue weighted by Crippen LogP contribution is 2.27. The third-order valence-electron chi connectivity index (χ3n) is 1.34. The Morgan fingerprint density at radius 1 is 1.09 bits per heavy atom. The van der Waals surface area contributed by atoms with Crippen molar-refractivity contribution in [2.24, 2.45) is 0 Å². The first-order chi connectivity index (χ1) is 5.04. The molecule has 1 rings (SSSR count). The van der Waals surface area contributed by atoms with Crippen molar-refractivity contribution in [1.82, 2.24) is 0 Å². The molecule has 0 amide bonds. The van der Waals surface area contributed by atoms with Gasteiger partial charge < -0.3 is 0 Å². The zero-order valence-corrected chi connectivity index (χ0v) is 8.76. The Hall–Kier alpha value is 0.0400. The zero-order valence-electron chi connectivity index (χ0n) is 5.59. The maximum Gasteiger partial charge on any atom is 0.173 e. The average Bonchev–Trinajstić information content (AvgIpc) is 1.97. The maximum absolute atomic E-state index is 12.8. The standard InChI is InChI=1S/C7H4Br2F2/c1-3-4(8)2-5(9)7(11)6(3)10/h2H,1H3. The second-order valence-corrected chi connectivity index (χ2v) is 3.80. The topological polar surface area (TPSA) is 0 Å². The van der Waals surface area contributed by atoms with Crippen molar-refractivity contribution in [3.63, 3.8) is 0 Å². The van der Waals surface area contributed by atoms with Crippen LogP contribution in [0.15, 0.2) is 15.0 Å². The largest absolute Gasteiger partial charge is 0.203 e. The molecular weight excluding hydrogens is 282 g/mol. The first-order valence-corrected chi connectivity index (χ1v) is 4.42. The van der Waals surface area contributed by atoms with Crippen LogP contribution in [0, 0.1) is 18.6 Å². The highest BCUT2D eigenvalue weighted by Gasteiger charge is 2.11. The fourth-order valence-corrected chi connectivity index (χ4v) is 1.77. The van der Waals surface area contributed by atoms with Crippen molar-refractivity contribution in [2.75, 3.05) is 0 Å². The normalized spacial score (nSPS) is 10.3. The van der Waals surface area contributed by atoms with Crippen molar-refractivity contribution >= 4 is 31.9 Å². The molecule has 0 N–H and O–H groups in total. The molecule has 0 fully saturated rings. The van der Waals surface area contributed by atoms with Gasteiger partial charge in [-0.2, -0.15) is 0 Å². The van der Waals surface area contributed by atoms with E-state index in [0.29, 0.717) is 4.47 Å². The van der Waals surface area contributed by atoms with Crippen LogP contribution >= 0.6 is 31.9 Å². The van der Waals surface area contributed by atoms with Crippen LogP contribution in [0.5, 0.6) is 0 Å². The fraction of sp³-hybridized carbons (Fsp3) is 0.143. The van der Waals surface area contributed by atoms with Crippen LogP contribution in [-0.4, -0.2) is 0 Å². The van der Waals surface area contributed by atoms with Gasteiger partial charge in [0, 0.05) is 10.0 Å². The van der Waals surface area contributed by atoms with E-state index in [1.807, 2.05) is 0 Å². The summed E-state index contributed by atoms with van der Waals surface area (Å²) in [7, 11) is 0. The Labute approximate surface area is 79.9 Å². The van der Waals surface area contributed by atoms with E-state index in [9.17, 15) is 8.78 Å². The van der Waals surface area contributed by atoms with Gasteiger partial charge in [-0.3, -0.25) is 0 Å². The number of rotatable bonds is 0. The van der Waals surface area contributed by atoms with E-state index in [1.165, 1.54) is 13.0 Å². The van der Waals surface area contributed by atoms with Gasteiger partial charge in [0.1, 0.15) is 0 Å². The summed E-state index contributed by atoms with van der Waals surface area (Å²) in [6, 6.07) is 1.48. The first-order valence-electron chi connectivity index (χ1n) is 2.83. The molecule has 0 aliphatic carbocycles. The summed E-state index contributed by atoms with van der Waals surface area (Å²) in [5.74, 6) is -1.66. The van der Waals surface area contributed by atoms with E-state index in [1.54, 1.807) is 0 Å². The number of hydrogen-bond acceptors (Lipinski definition) is 0. The summed E-state index contributed by atoms with van der Waals surface area (Å²) in [4.78, 5) is 0. The van der Waals surface area contributed by atoms with Gasteiger partial charge in [-0.05, 0) is 28.9 Å². The minimum Gasteiger partial charge on any atom is -0.203 e. The Kier molecular flexibility index (Phi) is 2.65. The molecule has 60 valence electrons. The Morgan fingerprint density at radius 2 is 1.64 bits per heavy atom. The van der Waals surface area contributed by atoms with Gasteiger partial charge in [0.2, 0.25) is 0 Å². The van der Waals surface area contributed by atoms with Gasteiger partial charge in [0.05, 0.1) is 4.47 Å². The highest BCUT2D eigenvalue weighted by molar-refractivity contribution is 9.11. The monoisotopic (exact) mass is 284 g/mol. The number of benzene rings is 1. The predicted molar refractivity (Wildman–Crippen MR) is 46.5 cm³/mol. The summed E-state index contributed by atoms with van der Waals surface area (Å²) in [6.45, 7) is 1.51. The summed E-state index contributed by atoms with van der Waals surface area (Å²) >= 11 is 5.98. The summed E-state index contributed by atoms with van der Waals surface area (Å²) in [5.41, 5.74) is 0.283. The first kappa shape index (κ1) is 9.13. The Bertz CT molecular complexity index is 271. The lowest BCUT2D eigenvalue weighted by Crippen LogP contribution is -1.91. The molecule has 0 saturated carbocycles. The average molecular weight is 286 g/mol. The molecule has 1 aromatic rings. The lowest BCUT2D eigenvalue weighted by Gasteiger charge is -2.02. The van der Waals surface area contributed by atoms with Gasteiger partial charge in [-0.15, -0.1) is 0 Å². The summed E-state index contributed by atoms with van der Waals surface area (Å²) < 4.78 is 26.2. The van der Waals surface area contributed by atoms with Crippen molar-refractivity contribution in [1.29, 1.82) is 0 Å². The molecule has 0 heterocycles. The number of halogens is 4.